The van der Waals surface area contributed by atoms with Crippen LogP contribution in [-0.4, -0.2) is 18.5 Å². The maximum absolute atomic E-state index is 12.6. The average molecular weight is 311 g/mol. The van der Waals surface area contributed by atoms with Crippen molar-refractivity contribution >= 4 is 17.6 Å². The van der Waals surface area contributed by atoms with Gasteiger partial charge in [0.25, 0.3) is 0 Å². The molecule has 0 unspecified atom stereocenters. The van der Waals surface area contributed by atoms with Gasteiger partial charge in [-0.3, -0.25) is 9.59 Å². The third-order valence-electron chi connectivity index (χ3n) is 3.57. The van der Waals surface area contributed by atoms with Gasteiger partial charge in [0, 0.05) is 5.69 Å². The van der Waals surface area contributed by atoms with Crippen LogP contribution >= 0.6 is 0 Å². The molecule has 0 saturated heterocycles. The molecule has 0 fully saturated rings. The lowest BCUT2D eigenvalue weighted by molar-refractivity contribution is -0.150. The van der Waals surface area contributed by atoms with Crippen molar-refractivity contribution in [3.8, 4) is 0 Å². The van der Waals surface area contributed by atoms with Gasteiger partial charge in [0.1, 0.15) is 5.92 Å². The Kier molecular flexibility index (Phi) is 5.92. The van der Waals surface area contributed by atoms with Crippen molar-refractivity contribution in [2.75, 3.05) is 11.9 Å². The molecule has 23 heavy (non-hydrogen) atoms. The smallest absolute Gasteiger partial charge is 0.318 e. The van der Waals surface area contributed by atoms with Crippen LogP contribution in [0.3, 0.4) is 0 Å². The number of aryl methyl sites for hydroxylation is 1. The highest BCUT2D eigenvalue weighted by Gasteiger charge is 2.28. The number of rotatable bonds is 6. The molecule has 120 valence electrons. The van der Waals surface area contributed by atoms with Gasteiger partial charge < -0.3 is 10.1 Å². The van der Waals surface area contributed by atoms with Gasteiger partial charge in [0.15, 0.2) is 0 Å². The fourth-order valence-corrected chi connectivity index (χ4v) is 2.31. The molecule has 2 aromatic carbocycles. The summed E-state index contributed by atoms with van der Waals surface area (Å²) in [4.78, 5) is 24.8. The summed E-state index contributed by atoms with van der Waals surface area (Å²) in [5, 5.41) is 2.83. The summed E-state index contributed by atoms with van der Waals surface area (Å²) in [6.07, 6.45) is 0.317. The Morgan fingerprint density at radius 1 is 1.04 bits per heavy atom. The number of nitrogens with one attached hydrogen (secondary N) is 1. The maximum atomic E-state index is 12.6. The van der Waals surface area contributed by atoms with E-state index in [0.29, 0.717) is 12.1 Å². The summed E-state index contributed by atoms with van der Waals surface area (Å²) in [5.74, 6) is -1.71. The minimum atomic E-state index is -0.864. The van der Waals surface area contributed by atoms with Crippen LogP contribution in [0.4, 0.5) is 5.69 Å². The van der Waals surface area contributed by atoms with Gasteiger partial charge in [-0.15, -0.1) is 0 Å². The summed E-state index contributed by atoms with van der Waals surface area (Å²) < 4.78 is 5.07. The number of carbonyl (C=O) groups excluding carboxylic acids is 2. The maximum Gasteiger partial charge on any atom is 0.318 e. The second-order valence-corrected chi connectivity index (χ2v) is 5.30. The van der Waals surface area contributed by atoms with Crippen LogP contribution in [0, 0.1) is 12.8 Å². The number of amides is 1. The summed E-state index contributed by atoms with van der Waals surface area (Å²) >= 11 is 0. The molecule has 4 nitrogen and oxygen atoms in total. The van der Waals surface area contributed by atoms with E-state index >= 15 is 0 Å². The van der Waals surface area contributed by atoms with Crippen molar-refractivity contribution in [1.29, 1.82) is 0 Å². The molecule has 0 aliphatic rings. The van der Waals surface area contributed by atoms with Crippen LogP contribution in [0.2, 0.25) is 0 Å². The van der Waals surface area contributed by atoms with Crippen LogP contribution in [-0.2, 0) is 20.7 Å². The zero-order valence-corrected chi connectivity index (χ0v) is 13.4. The minimum absolute atomic E-state index is 0.252. The van der Waals surface area contributed by atoms with Crippen molar-refractivity contribution in [2.45, 2.75) is 20.3 Å². The molecule has 2 aromatic rings. The Bertz CT molecular complexity index is 667. The monoisotopic (exact) mass is 311 g/mol. The van der Waals surface area contributed by atoms with Crippen molar-refractivity contribution < 1.29 is 14.3 Å². The Morgan fingerprint density at radius 2 is 1.70 bits per heavy atom. The van der Waals surface area contributed by atoms with Crippen molar-refractivity contribution in [1.82, 2.24) is 0 Å². The first-order valence-electron chi connectivity index (χ1n) is 7.69. The van der Waals surface area contributed by atoms with E-state index in [1.807, 2.05) is 61.5 Å². The van der Waals surface area contributed by atoms with E-state index in [0.717, 1.165) is 11.1 Å². The predicted octanol–water partition coefficient (Wildman–Crippen LogP) is 3.36. The van der Waals surface area contributed by atoms with Gasteiger partial charge in [-0.2, -0.15) is 0 Å². The number of carbonyl (C=O) groups is 2. The van der Waals surface area contributed by atoms with Gasteiger partial charge >= 0.3 is 5.97 Å². The van der Waals surface area contributed by atoms with Gasteiger partial charge in [0.2, 0.25) is 5.91 Å². The number of ether oxygens (including phenoxy) is 1. The lowest BCUT2D eigenvalue weighted by Gasteiger charge is -2.16. The normalized spacial score (nSPS) is 11.6. The molecule has 0 aliphatic carbocycles. The SMILES string of the molecule is CCOC(=O)[C@@H](Cc1ccccc1)C(=O)Nc1ccccc1C. The second kappa shape index (κ2) is 8.13. The van der Waals surface area contributed by atoms with Crippen LogP contribution in [0.25, 0.3) is 0 Å². The van der Waals surface area contributed by atoms with E-state index < -0.39 is 11.9 Å². The zero-order valence-electron chi connectivity index (χ0n) is 13.4. The van der Waals surface area contributed by atoms with E-state index in [4.69, 9.17) is 4.74 Å². The molecule has 2 rings (SSSR count). The van der Waals surface area contributed by atoms with Gasteiger partial charge in [-0.1, -0.05) is 48.5 Å². The number of benzene rings is 2. The fourth-order valence-electron chi connectivity index (χ4n) is 2.31. The van der Waals surface area contributed by atoms with E-state index in [-0.39, 0.29) is 12.5 Å². The Morgan fingerprint density at radius 3 is 2.35 bits per heavy atom. The number of esters is 1. The largest absolute Gasteiger partial charge is 0.465 e. The summed E-state index contributed by atoms with van der Waals surface area (Å²) in [7, 11) is 0. The lowest BCUT2D eigenvalue weighted by atomic mass is 9.98. The highest BCUT2D eigenvalue weighted by Crippen LogP contribution is 2.17. The number of hydrogen-bond acceptors (Lipinski definition) is 3. The molecular weight excluding hydrogens is 290 g/mol. The van der Waals surface area contributed by atoms with Crippen LogP contribution in [0.1, 0.15) is 18.1 Å². The van der Waals surface area contributed by atoms with E-state index in [9.17, 15) is 9.59 Å². The van der Waals surface area contributed by atoms with Crippen molar-refractivity contribution in [3.63, 3.8) is 0 Å². The highest BCUT2D eigenvalue weighted by molar-refractivity contribution is 6.05. The standard InChI is InChI=1S/C19H21NO3/c1-3-23-19(22)16(13-15-10-5-4-6-11-15)18(21)20-17-12-8-7-9-14(17)2/h4-12,16H,3,13H2,1-2H3,(H,20,21)/t16-/m0/s1. The van der Waals surface area contributed by atoms with Gasteiger partial charge in [-0.05, 0) is 37.5 Å². The Balaban J connectivity index is 2.17. The van der Waals surface area contributed by atoms with E-state index in [1.54, 1.807) is 6.92 Å². The van der Waals surface area contributed by atoms with Gasteiger partial charge in [-0.25, -0.2) is 0 Å². The average Bonchev–Trinajstić information content (AvgIpc) is 2.56. The Labute approximate surface area is 136 Å². The molecule has 0 spiro atoms. The van der Waals surface area contributed by atoms with Crippen LogP contribution in [0.15, 0.2) is 54.6 Å². The first kappa shape index (κ1) is 16.7. The molecule has 4 heteroatoms. The third kappa shape index (κ3) is 4.68. The molecule has 1 N–H and O–H groups in total. The lowest BCUT2D eigenvalue weighted by Crippen LogP contribution is -2.33. The molecule has 1 atom stereocenters. The number of anilines is 1. The molecule has 0 bridgehead atoms. The Hall–Kier alpha value is -2.62. The number of para-hydroxylation sites is 1. The second-order valence-electron chi connectivity index (χ2n) is 5.30. The van der Waals surface area contributed by atoms with Gasteiger partial charge in [0.05, 0.1) is 6.61 Å². The van der Waals surface area contributed by atoms with Crippen LogP contribution in [0.5, 0.6) is 0 Å². The molecule has 0 aromatic heterocycles. The number of hydrogen-bond donors (Lipinski definition) is 1. The third-order valence-corrected chi connectivity index (χ3v) is 3.57. The summed E-state index contributed by atoms with van der Waals surface area (Å²) in [6.45, 7) is 3.89. The van der Waals surface area contributed by atoms with Crippen LogP contribution < -0.4 is 5.32 Å². The molecule has 0 aliphatic heterocycles. The minimum Gasteiger partial charge on any atom is -0.465 e. The molecule has 0 heterocycles. The molecule has 0 saturated carbocycles. The quantitative estimate of drug-likeness (QED) is 0.657. The first-order chi connectivity index (χ1) is 11.1. The summed E-state index contributed by atoms with van der Waals surface area (Å²) in [5.41, 5.74) is 2.58. The highest BCUT2D eigenvalue weighted by atomic mass is 16.5. The molecular formula is C19H21NO3. The van der Waals surface area contributed by atoms with Crippen molar-refractivity contribution in [2.24, 2.45) is 5.92 Å². The van der Waals surface area contributed by atoms with Crippen molar-refractivity contribution in [3.05, 3.63) is 65.7 Å². The van der Waals surface area contributed by atoms with E-state index in [1.165, 1.54) is 0 Å². The molecule has 0 radical (unpaired) electrons. The molecule has 1 amide bonds. The zero-order chi connectivity index (χ0) is 16.7. The topological polar surface area (TPSA) is 55.4 Å². The predicted molar refractivity (Wildman–Crippen MR) is 90.1 cm³/mol. The van der Waals surface area contributed by atoms with E-state index in [2.05, 4.69) is 5.32 Å². The fraction of sp³-hybridized carbons (Fsp3) is 0.263. The summed E-state index contributed by atoms with van der Waals surface area (Å²) in [6, 6.07) is 16.9. The first-order valence-corrected chi connectivity index (χ1v) is 7.69.